The zero-order valence-electron chi connectivity index (χ0n) is 22.7. The van der Waals surface area contributed by atoms with E-state index in [4.69, 9.17) is 15.6 Å². The highest BCUT2D eigenvalue weighted by Gasteiger charge is 2.31. The van der Waals surface area contributed by atoms with Crippen LogP contribution >= 0.6 is 11.8 Å². The van der Waals surface area contributed by atoms with Crippen LogP contribution in [0.1, 0.15) is 24.0 Å². The van der Waals surface area contributed by atoms with Crippen LogP contribution in [0.5, 0.6) is 5.75 Å². The molecular formula is C32H28FN5O3S. The number of nitrogens with two attached hydrogens (primary N) is 1. The van der Waals surface area contributed by atoms with Crippen LogP contribution in [0.2, 0.25) is 0 Å². The van der Waals surface area contributed by atoms with Gasteiger partial charge in [0.2, 0.25) is 5.91 Å². The van der Waals surface area contributed by atoms with Crippen molar-refractivity contribution in [2.75, 3.05) is 13.1 Å². The van der Waals surface area contributed by atoms with Crippen LogP contribution in [-0.4, -0.2) is 44.8 Å². The van der Waals surface area contributed by atoms with E-state index >= 15 is 0 Å². The second kappa shape index (κ2) is 12.0. The summed E-state index contributed by atoms with van der Waals surface area (Å²) in [7, 11) is 0. The highest BCUT2D eigenvalue weighted by Crippen LogP contribution is 2.35. The molecule has 0 spiro atoms. The number of primary amides is 1. The minimum atomic E-state index is -0.306. The van der Waals surface area contributed by atoms with E-state index in [1.54, 1.807) is 22.9 Å². The van der Waals surface area contributed by atoms with Gasteiger partial charge in [-0.05, 0) is 73.1 Å². The lowest BCUT2D eigenvalue weighted by molar-refractivity contribution is -0.123. The summed E-state index contributed by atoms with van der Waals surface area (Å²) in [5.74, 6) is -0.423. The van der Waals surface area contributed by atoms with Gasteiger partial charge < -0.3 is 15.4 Å². The standard InChI is InChI=1S/C32H28FN5O3S/c33-27-9-5-4-6-23(27)20-41-26-12-10-21(11-13-26)29-24(19-38(36-29)25-7-2-1-3-8-25)18-28-31(40)35-32(42-28)37-16-14-22(15-17-37)30(34)39/h1-13,18-19,22H,14-17,20H2,(H2,34,39)/b28-18-. The van der Waals surface area contributed by atoms with E-state index in [-0.39, 0.29) is 30.2 Å². The van der Waals surface area contributed by atoms with Crippen molar-refractivity contribution in [1.29, 1.82) is 0 Å². The first-order valence-corrected chi connectivity index (χ1v) is 14.4. The number of amides is 2. The average molecular weight is 582 g/mol. The molecule has 8 nitrogen and oxygen atoms in total. The molecule has 42 heavy (non-hydrogen) atoms. The molecule has 10 heteroatoms. The van der Waals surface area contributed by atoms with Crippen LogP contribution < -0.4 is 10.5 Å². The molecule has 0 radical (unpaired) electrons. The van der Waals surface area contributed by atoms with Gasteiger partial charge >= 0.3 is 0 Å². The summed E-state index contributed by atoms with van der Waals surface area (Å²) >= 11 is 1.33. The number of para-hydroxylation sites is 1. The topological polar surface area (TPSA) is 103 Å². The Morgan fingerprint density at radius 1 is 1.02 bits per heavy atom. The smallest absolute Gasteiger partial charge is 0.286 e. The number of carbonyl (C=O) groups is 2. The monoisotopic (exact) mass is 581 g/mol. The van der Waals surface area contributed by atoms with E-state index in [0.29, 0.717) is 53.0 Å². The molecule has 0 saturated carbocycles. The molecule has 4 aromatic rings. The fourth-order valence-electron chi connectivity index (χ4n) is 4.95. The first kappa shape index (κ1) is 27.5. The molecule has 3 aromatic carbocycles. The molecule has 0 unspecified atom stereocenters. The average Bonchev–Trinajstić information content (AvgIpc) is 3.61. The van der Waals surface area contributed by atoms with Crippen molar-refractivity contribution >= 4 is 34.8 Å². The Bertz CT molecular complexity index is 1680. The third-order valence-electron chi connectivity index (χ3n) is 7.31. The maximum Gasteiger partial charge on any atom is 0.286 e. The predicted octanol–water partition coefficient (Wildman–Crippen LogP) is 5.43. The van der Waals surface area contributed by atoms with E-state index in [0.717, 1.165) is 16.8 Å². The summed E-state index contributed by atoms with van der Waals surface area (Å²) in [6.45, 7) is 1.37. The Labute approximate surface area is 246 Å². The molecule has 2 aliphatic rings. The van der Waals surface area contributed by atoms with Gasteiger partial charge in [-0.2, -0.15) is 10.1 Å². The summed E-state index contributed by atoms with van der Waals surface area (Å²) in [5.41, 5.74) is 9.12. The van der Waals surface area contributed by atoms with Gasteiger partial charge in [0, 0.05) is 41.9 Å². The third kappa shape index (κ3) is 5.99. The third-order valence-corrected chi connectivity index (χ3v) is 8.35. The van der Waals surface area contributed by atoms with Crippen LogP contribution in [0.3, 0.4) is 0 Å². The second-order valence-corrected chi connectivity index (χ2v) is 11.1. The Balaban J connectivity index is 1.24. The van der Waals surface area contributed by atoms with E-state index in [1.165, 1.54) is 17.8 Å². The van der Waals surface area contributed by atoms with Gasteiger partial charge in [-0.15, -0.1) is 0 Å². The highest BCUT2D eigenvalue weighted by atomic mass is 32.2. The van der Waals surface area contributed by atoms with Crippen molar-refractivity contribution < 1.29 is 18.7 Å². The normalized spacial score (nSPS) is 16.6. The number of aliphatic imine (C=N–C) groups is 1. The number of benzene rings is 3. The lowest BCUT2D eigenvalue weighted by Crippen LogP contribution is -2.40. The molecule has 1 aromatic heterocycles. The van der Waals surface area contributed by atoms with Gasteiger partial charge in [0.15, 0.2) is 5.17 Å². The van der Waals surface area contributed by atoms with Crippen molar-refractivity contribution in [3.8, 4) is 22.7 Å². The van der Waals surface area contributed by atoms with E-state index in [1.807, 2.05) is 71.8 Å². The fourth-order valence-corrected chi connectivity index (χ4v) is 5.90. The number of likely N-dealkylation sites (tertiary alicyclic amines) is 1. The van der Waals surface area contributed by atoms with Gasteiger partial charge in [-0.1, -0.05) is 36.4 Å². The molecule has 2 amide bonds. The van der Waals surface area contributed by atoms with Gasteiger partial charge in [0.1, 0.15) is 18.2 Å². The highest BCUT2D eigenvalue weighted by molar-refractivity contribution is 8.18. The maximum absolute atomic E-state index is 14.0. The second-order valence-electron chi connectivity index (χ2n) is 10.1. The zero-order valence-corrected chi connectivity index (χ0v) is 23.5. The van der Waals surface area contributed by atoms with Crippen molar-refractivity contribution in [1.82, 2.24) is 14.7 Å². The van der Waals surface area contributed by atoms with Crippen molar-refractivity contribution in [3.63, 3.8) is 0 Å². The number of rotatable bonds is 7. The SMILES string of the molecule is NC(=O)C1CCN(C2=NC(=O)/C(=C/c3cn(-c4ccccc4)nc3-c3ccc(OCc4ccccc4F)cc3)S2)CC1. The molecule has 3 heterocycles. The van der Waals surface area contributed by atoms with Crippen LogP contribution in [0, 0.1) is 11.7 Å². The molecule has 2 aliphatic heterocycles. The fraction of sp³-hybridized carbons (Fsp3) is 0.188. The molecule has 212 valence electrons. The molecule has 0 atom stereocenters. The maximum atomic E-state index is 14.0. The first-order chi connectivity index (χ1) is 20.4. The summed E-state index contributed by atoms with van der Waals surface area (Å²) in [4.78, 5) is 31.3. The number of halogens is 1. The largest absolute Gasteiger partial charge is 0.489 e. The summed E-state index contributed by atoms with van der Waals surface area (Å²) in [5, 5.41) is 5.50. The summed E-state index contributed by atoms with van der Waals surface area (Å²) < 4.78 is 21.6. The number of nitrogens with zero attached hydrogens (tertiary/aromatic N) is 4. The molecular weight excluding hydrogens is 553 g/mol. The van der Waals surface area contributed by atoms with Gasteiger partial charge in [0.05, 0.1) is 16.3 Å². The van der Waals surface area contributed by atoms with Crippen molar-refractivity contribution in [3.05, 3.63) is 107 Å². The number of hydrogen-bond acceptors (Lipinski definition) is 6. The quantitative estimate of drug-likeness (QED) is 0.292. The number of ether oxygens (including phenoxy) is 1. The number of thioether (sulfide) groups is 1. The van der Waals surface area contributed by atoms with E-state index < -0.39 is 0 Å². The van der Waals surface area contributed by atoms with E-state index in [2.05, 4.69) is 4.99 Å². The molecule has 1 saturated heterocycles. The number of amidine groups is 1. The molecule has 1 fully saturated rings. The van der Waals surface area contributed by atoms with Gasteiger partial charge in [-0.25, -0.2) is 9.07 Å². The first-order valence-electron chi connectivity index (χ1n) is 13.6. The van der Waals surface area contributed by atoms with Crippen LogP contribution in [0.25, 0.3) is 23.0 Å². The van der Waals surface area contributed by atoms with Crippen molar-refractivity contribution in [2.24, 2.45) is 16.6 Å². The predicted molar refractivity (Wildman–Crippen MR) is 161 cm³/mol. The summed E-state index contributed by atoms with van der Waals surface area (Å²) in [6.07, 6.45) is 5.01. The lowest BCUT2D eigenvalue weighted by atomic mass is 9.97. The molecule has 6 rings (SSSR count). The van der Waals surface area contributed by atoms with Crippen molar-refractivity contribution in [2.45, 2.75) is 19.4 Å². The van der Waals surface area contributed by atoms with Crippen LogP contribution in [-0.2, 0) is 16.2 Å². The Morgan fingerprint density at radius 3 is 2.45 bits per heavy atom. The van der Waals surface area contributed by atoms with Gasteiger partial charge in [-0.3, -0.25) is 9.59 Å². The Morgan fingerprint density at radius 2 is 1.74 bits per heavy atom. The number of carbonyl (C=O) groups excluding carboxylic acids is 2. The van der Waals surface area contributed by atoms with Crippen LogP contribution in [0.4, 0.5) is 4.39 Å². The van der Waals surface area contributed by atoms with Crippen LogP contribution in [0.15, 0.2) is 95.0 Å². The van der Waals surface area contributed by atoms with Gasteiger partial charge in [0.25, 0.3) is 5.91 Å². The Kier molecular flexibility index (Phi) is 7.87. The number of hydrogen-bond donors (Lipinski definition) is 1. The molecule has 0 bridgehead atoms. The zero-order chi connectivity index (χ0) is 29.1. The molecule has 0 aliphatic carbocycles. The van der Waals surface area contributed by atoms with E-state index in [9.17, 15) is 14.0 Å². The molecule has 2 N–H and O–H groups in total. The Hall–Kier alpha value is -4.70. The minimum Gasteiger partial charge on any atom is -0.489 e. The number of aromatic nitrogens is 2. The lowest BCUT2D eigenvalue weighted by Gasteiger charge is -2.31. The number of piperidine rings is 1. The summed E-state index contributed by atoms with van der Waals surface area (Å²) in [6, 6.07) is 23.7. The minimum absolute atomic E-state index is 0.119.